The topological polar surface area (TPSA) is 64.1 Å². The van der Waals surface area contributed by atoms with Gasteiger partial charge in [0.15, 0.2) is 5.96 Å². The Bertz CT molecular complexity index is 576. The van der Waals surface area contributed by atoms with Crippen molar-refractivity contribution in [3.05, 3.63) is 24.4 Å². The van der Waals surface area contributed by atoms with Crippen LogP contribution in [0.15, 0.2) is 29.4 Å². The van der Waals surface area contributed by atoms with Crippen LogP contribution < -0.4 is 10.2 Å². The predicted molar refractivity (Wildman–Crippen MR) is 99.8 cm³/mol. The number of hydrogen-bond acceptors (Lipinski definition) is 4. The van der Waals surface area contributed by atoms with Crippen LogP contribution in [0.25, 0.3) is 0 Å². The van der Waals surface area contributed by atoms with Crippen LogP contribution >= 0.6 is 0 Å². The SMILES string of the molecule is CCNC(=NCC(=O)N1CCCC1)N1CCN(c2ccccn2)CC1. The molecule has 136 valence electrons. The zero-order valence-corrected chi connectivity index (χ0v) is 15.0. The minimum atomic E-state index is 0.139. The molecule has 1 N–H and O–H groups in total. The first-order valence-electron chi connectivity index (χ1n) is 9.25. The van der Waals surface area contributed by atoms with Crippen LogP contribution in [0.1, 0.15) is 19.8 Å². The number of carbonyl (C=O) groups excluding carboxylic acids is 1. The Morgan fingerprint density at radius 1 is 1.12 bits per heavy atom. The highest BCUT2D eigenvalue weighted by molar-refractivity contribution is 5.85. The first kappa shape index (κ1) is 17.5. The number of aliphatic imine (C=N–C) groups is 1. The molecule has 0 spiro atoms. The zero-order chi connectivity index (χ0) is 17.5. The molecule has 0 saturated carbocycles. The van der Waals surface area contributed by atoms with Crippen LogP contribution in [0.3, 0.4) is 0 Å². The van der Waals surface area contributed by atoms with Gasteiger partial charge < -0.3 is 20.0 Å². The van der Waals surface area contributed by atoms with Crippen molar-refractivity contribution in [2.75, 3.05) is 57.3 Å². The molecule has 7 heteroatoms. The first-order valence-corrected chi connectivity index (χ1v) is 9.25. The number of amides is 1. The molecule has 0 unspecified atom stereocenters. The molecule has 1 aromatic rings. The van der Waals surface area contributed by atoms with Crippen LogP contribution in [0.4, 0.5) is 5.82 Å². The summed E-state index contributed by atoms with van der Waals surface area (Å²) in [5.74, 6) is 2.00. The number of nitrogens with one attached hydrogen (secondary N) is 1. The zero-order valence-electron chi connectivity index (χ0n) is 15.0. The maximum Gasteiger partial charge on any atom is 0.244 e. The molecule has 0 radical (unpaired) electrons. The molecule has 0 aromatic carbocycles. The van der Waals surface area contributed by atoms with E-state index in [2.05, 4.69) is 32.0 Å². The van der Waals surface area contributed by atoms with E-state index >= 15 is 0 Å². The fourth-order valence-electron chi connectivity index (χ4n) is 3.32. The first-order chi connectivity index (χ1) is 12.3. The van der Waals surface area contributed by atoms with E-state index in [0.717, 1.165) is 70.4 Å². The maximum atomic E-state index is 12.2. The number of aromatic nitrogens is 1. The minimum absolute atomic E-state index is 0.139. The highest BCUT2D eigenvalue weighted by Crippen LogP contribution is 2.13. The van der Waals surface area contributed by atoms with Gasteiger partial charge in [-0.3, -0.25) is 4.79 Å². The molecule has 2 aliphatic heterocycles. The van der Waals surface area contributed by atoms with Crippen molar-refractivity contribution < 1.29 is 4.79 Å². The van der Waals surface area contributed by atoms with Crippen molar-refractivity contribution >= 4 is 17.7 Å². The van der Waals surface area contributed by atoms with Gasteiger partial charge in [-0.2, -0.15) is 0 Å². The number of rotatable bonds is 4. The van der Waals surface area contributed by atoms with Gasteiger partial charge in [0.05, 0.1) is 0 Å². The van der Waals surface area contributed by atoms with Crippen molar-refractivity contribution in [1.29, 1.82) is 0 Å². The summed E-state index contributed by atoms with van der Waals surface area (Å²) in [4.78, 5) is 27.7. The lowest BCUT2D eigenvalue weighted by Crippen LogP contribution is -2.53. The summed E-state index contributed by atoms with van der Waals surface area (Å²) in [6, 6.07) is 6.00. The highest BCUT2D eigenvalue weighted by Gasteiger charge is 2.22. The number of likely N-dealkylation sites (tertiary alicyclic amines) is 1. The molecule has 1 aromatic heterocycles. The number of piperazine rings is 1. The Labute approximate surface area is 149 Å². The molecule has 25 heavy (non-hydrogen) atoms. The molecule has 3 heterocycles. The molecule has 2 fully saturated rings. The third-order valence-corrected chi connectivity index (χ3v) is 4.71. The summed E-state index contributed by atoms with van der Waals surface area (Å²) in [6.07, 6.45) is 4.06. The Morgan fingerprint density at radius 2 is 1.88 bits per heavy atom. The summed E-state index contributed by atoms with van der Waals surface area (Å²) in [5, 5.41) is 3.32. The standard InChI is InChI=1S/C18H28N6O/c1-2-19-18(21-15-17(25)23-9-5-6-10-23)24-13-11-22(12-14-24)16-7-3-4-8-20-16/h3-4,7-8H,2,5-6,9-15H2,1H3,(H,19,21). The second kappa shape index (κ2) is 8.69. The van der Waals surface area contributed by atoms with Gasteiger partial charge in [0.25, 0.3) is 0 Å². The normalized spacial score (nSPS) is 18.6. The van der Waals surface area contributed by atoms with E-state index in [9.17, 15) is 4.79 Å². The predicted octanol–water partition coefficient (Wildman–Crippen LogP) is 0.792. The number of nitrogens with zero attached hydrogens (tertiary/aromatic N) is 5. The second-order valence-corrected chi connectivity index (χ2v) is 6.42. The summed E-state index contributed by atoms with van der Waals surface area (Å²) in [5.41, 5.74) is 0. The van der Waals surface area contributed by atoms with Gasteiger partial charge in [0.2, 0.25) is 5.91 Å². The molecule has 0 atom stereocenters. The fourth-order valence-corrected chi connectivity index (χ4v) is 3.32. The van der Waals surface area contributed by atoms with Gasteiger partial charge >= 0.3 is 0 Å². The highest BCUT2D eigenvalue weighted by atomic mass is 16.2. The largest absolute Gasteiger partial charge is 0.357 e. The van der Waals surface area contributed by atoms with Gasteiger partial charge in [-0.05, 0) is 31.9 Å². The lowest BCUT2D eigenvalue weighted by Gasteiger charge is -2.37. The average molecular weight is 344 g/mol. The molecule has 1 amide bonds. The van der Waals surface area contributed by atoms with Gasteiger partial charge in [-0.1, -0.05) is 6.07 Å². The number of hydrogen-bond donors (Lipinski definition) is 1. The molecular weight excluding hydrogens is 316 g/mol. The molecule has 2 saturated heterocycles. The van der Waals surface area contributed by atoms with Crippen LogP contribution in [0.2, 0.25) is 0 Å². The third kappa shape index (κ3) is 4.61. The lowest BCUT2D eigenvalue weighted by atomic mass is 10.3. The third-order valence-electron chi connectivity index (χ3n) is 4.71. The van der Waals surface area contributed by atoms with Crippen LogP contribution in [0, 0.1) is 0 Å². The Kier molecular flexibility index (Phi) is 6.09. The maximum absolute atomic E-state index is 12.2. The minimum Gasteiger partial charge on any atom is -0.357 e. The van der Waals surface area contributed by atoms with Gasteiger partial charge in [-0.15, -0.1) is 0 Å². The number of carbonyl (C=O) groups is 1. The van der Waals surface area contributed by atoms with Crippen molar-refractivity contribution in [1.82, 2.24) is 20.1 Å². The monoisotopic (exact) mass is 344 g/mol. The van der Waals surface area contributed by atoms with Gasteiger partial charge in [0.1, 0.15) is 12.4 Å². The van der Waals surface area contributed by atoms with E-state index in [4.69, 9.17) is 0 Å². The molecule has 0 aliphatic carbocycles. The van der Waals surface area contributed by atoms with Crippen LogP contribution in [-0.4, -0.2) is 79.0 Å². The number of pyridine rings is 1. The summed E-state index contributed by atoms with van der Waals surface area (Å²) in [7, 11) is 0. The Hall–Kier alpha value is -2.31. The van der Waals surface area contributed by atoms with E-state index in [1.54, 1.807) is 0 Å². The van der Waals surface area contributed by atoms with E-state index < -0.39 is 0 Å². The molecule has 2 aliphatic rings. The molecular formula is C18H28N6O. The lowest BCUT2D eigenvalue weighted by molar-refractivity contribution is -0.128. The van der Waals surface area contributed by atoms with Crippen molar-refractivity contribution in [3.63, 3.8) is 0 Å². The number of anilines is 1. The molecule has 0 bridgehead atoms. The smallest absolute Gasteiger partial charge is 0.244 e. The summed E-state index contributed by atoms with van der Waals surface area (Å²) < 4.78 is 0. The number of guanidine groups is 1. The average Bonchev–Trinajstić information content (AvgIpc) is 3.21. The van der Waals surface area contributed by atoms with E-state index in [1.807, 2.05) is 29.3 Å². The van der Waals surface area contributed by atoms with E-state index in [1.165, 1.54) is 0 Å². The van der Waals surface area contributed by atoms with E-state index in [-0.39, 0.29) is 12.5 Å². The molecule has 3 rings (SSSR count). The van der Waals surface area contributed by atoms with E-state index in [0.29, 0.717) is 0 Å². The van der Waals surface area contributed by atoms with Crippen molar-refractivity contribution in [2.24, 2.45) is 4.99 Å². The van der Waals surface area contributed by atoms with Crippen molar-refractivity contribution in [3.8, 4) is 0 Å². The van der Waals surface area contributed by atoms with Crippen LogP contribution in [0.5, 0.6) is 0 Å². The van der Waals surface area contributed by atoms with Gasteiger partial charge in [0, 0.05) is 52.0 Å². The van der Waals surface area contributed by atoms with Crippen LogP contribution in [-0.2, 0) is 4.79 Å². The van der Waals surface area contributed by atoms with Crippen molar-refractivity contribution in [2.45, 2.75) is 19.8 Å². The van der Waals surface area contributed by atoms with Gasteiger partial charge in [-0.25, -0.2) is 9.98 Å². The fraction of sp³-hybridized carbons (Fsp3) is 0.611. The molecule has 7 nitrogen and oxygen atoms in total. The quantitative estimate of drug-likeness (QED) is 0.646. The Morgan fingerprint density at radius 3 is 2.52 bits per heavy atom. The summed E-state index contributed by atoms with van der Waals surface area (Å²) >= 11 is 0. The summed E-state index contributed by atoms with van der Waals surface area (Å²) in [6.45, 7) is 8.42. The second-order valence-electron chi connectivity index (χ2n) is 6.42. The Balaban J connectivity index is 1.56.